The van der Waals surface area contributed by atoms with Crippen molar-refractivity contribution in [1.82, 2.24) is 0 Å². The van der Waals surface area contributed by atoms with Gasteiger partial charge in [0.05, 0.1) is 4.92 Å². The van der Waals surface area contributed by atoms with Crippen molar-refractivity contribution in [3.05, 3.63) is 33.9 Å². The van der Waals surface area contributed by atoms with Crippen LogP contribution < -0.4 is 5.73 Å². The van der Waals surface area contributed by atoms with E-state index in [1.165, 1.54) is 0 Å². The molecule has 0 aliphatic carbocycles. The molecule has 1 aromatic rings. The molecule has 1 aromatic carbocycles. The molecule has 0 saturated carbocycles. The number of hydrogen-bond donors (Lipinski definition) is 2. The van der Waals surface area contributed by atoms with Gasteiger partial charge in [0.1, 0.15) is 6.04 Å². The molecule has 0 aromatic heterocycles. The van der Waals surface area contributed by atoms with Gasteiger partial charge in [0.25, 0.3) is 0 Å². The summed E-state index contributed by atoms with van der Waals surface area (Å²) >= 11 is 0. The first kappa shape index (κ1) is 12.2. The molecule has 0 fully saturated rings. The van der Waals surface area contributed by atoms with E-state index in [4.69, 9.17) is 5.73 Å². The number of benzene rings is 1. The summed E-state index contributed by atoms with van der Waals surface area (Å²) in [6.45, 7) is 0. The predicted molar refractivity (Wildman–Crippen MR) is 47.7 cm³/mol. The van der Waals surface area contributed by atoms with Crippen molar-refractivity contribution >= 4 is 5.69 Å². The van der Waals surface area contributed by atoms with E-state index >= 15 is 0 Å². The van der Waals surface area contributed by atoms with Crippen molar-refractivity contribution in [2.24, 2.45) is 5.73 Å². The Labute approximate surface area is 87.4 Å². The fourth-order valence-electron chi connectivity index (χ4n) is 1.12. The van der Waals surface area contributed by atoms with E-state index in [2.05, 4.69) is 0 Å². The number of phenolic OH excluding ortho intramolecular Hbond substituents is 1. The molecule has 0 radical (unpaired) electrons. The molecule has 0 amide bonds. The first-order valence-corrected chi connectivity index (χ1v) is 4.03. The number of halogens is 3. The molecular weight excluding hydrogens is 229 g/mol. The zero-order valence-corrected chi connectivity index (χ0v) is 7.73. The number of nitrogens with two attached hydrogens (primary N) is 1. The van der Waals surface area contributed by atoms with Gasteiger partial charge in [0.2, 0.25) is 0 Å². The van der Waals surface area contributed by atoms with Crippen molar-refractivity contribution < 1.29 is 23.2 Å². The van der Waals surface area contributed by atoms with Crippen LogP contribution in [0.3, 0.4) is 0 Å². The Kier molecular flexibility index (Phi) is 3.04. The van der Waals surface area contributed by atoms with Crippen LogP contribution in [0.4, 0.5) is 18.9 Å². The number of para-hydroxylation sites is 1. The average molecular weight is 236 g/mol. The van der Waals surface area contributed by atoms with E-state index in [0.717, 1.165) is 18.2 Å². The van der Waals surface area contributed by atoms with E-state index in [1.54, 1.807) is 0 Å². The van der Waals surface area contributed by atoms with Gasteiger partial charge in [-0.25, -0.2) is 0 Å². The molecule has 0 aliphatic rings. The molecule has 5 nitrogen and oxygen atoms in total. The molecule has 0 saturated heterocycles. The number of aromatic hydroxyl groups is 1. The lowest BCUT2D eigenvalue weighted by molar-refractivity contribution is -0.386. The molecule has 16 heavy (non-hydrogen) atoms. The second-order valence-electron chi connectivity index (χ2n) is 2.99. The topological polar surface area (TPSA) is 89.4 Å². The lowest BCUT2D eigenvalue weighted by Gasteiger charge is -2.16. The van der Waals surface area contributed by atoms with Gasteiger partial charge in [-0.1, -0.05) is 12.1 Å². The van der Waals surface area contributed by atoms with E-state index in [1.807, 2.05) is 0 Å². The van der Waals surface area contributed by atoms with Gasteiger partial charge in [0, 0.05) is 11.6 Å². The van der Waals surface area contributed by atoms with Crippen LogP contribution in [0, 0.1) is 10.1 Å². The molecule has 88 valence electrons. The lowest BCUT2D eigenvalue weighted by atomic mass is 10.1. The quantitative estimate of drug-likeness (QED) is 0.605. The fourth-order valence-corrected chi connectivity index (χ4v) is 1.12. The van der Waals surface area contributed by atoms with Gasteiger partial charge in [-0.3, -0.25) is 10.1 Å². The molecule has 0 bridgehead atoms. The summed E-state index contributed by atoms with van der Waals surface area (Å²) < 4.78 is 36.7. The molecule has 1 rings (SSSR count). The zero-order valence-electron chi connectivity index (χ0n) is 7.73. The first-order chi connectivity index (χ1) is 7.25. The smallest absolute Gasteiger partial charge is 0.407 e. The summed E-state index contributed by atoms with van der Waals surface area (Å²) in [6.07, 6.45) is -4.77. The maximum absolute atomic E-state index is 12.2. The average Bonchev–Trinajstić information content (AvgIpc) is 2.15. The summed E-state index contributed by atoms with van der Waals surface area (Å²) in [7, 11) is 0. The van der Waals surface area contributed by atoms with E-state index in [-0.39, 0.29) is 0 Å². The van der Waals surface area contributed by atoms with Crippen molar-refractivity contribution in [2.75, 3.05) is 0 Å². The molecule has 0 unspecified atom stereocenters. The monoisotopic (exact) mass is 236 g/mol. The Hall–Kier alpha value is -1.83. The van der Waals surface area contributed by atoms with Crippen molar-refractivity contribution in [3.8, 4) is 5.75 Å². The van der Waals surface area contributed by atoms with Crippen molar-refractivity contribution in [3.63, 3.8) is 0 Å². The van der Waals surface area contributed by atoms with Crippen LogP contribution in [0.2, 0.25) is 0 Å². The van der Waals surface area contributed by atoms with Crippen LogP contribution in [-0.2, 0) is 0 Å². The number of rotatable bonds is 2. The van der Waals surface area contributed by atoms with E-state index in [0.29, 0.717) is 0 Å². The van der Waals surface area contributed by atoms with Gasteiger partial charge in [-0.05, 0) is 0 Å². The molecular formula is C8H7F3N2O3. The SMILES string of the molecule is N[C@H](c1cccc([N+](=O)[O-])c1O)C(F)(F)F. The summed E-state index contributed by atoms with van der Waals surface area (Å²) in [6, 6.07) is 0.355. The van der Waals surface area contributed by atoms with Crippen molar-refractivity contribution in [1.29, 1.82) is 0 Å². The van der Waals surface area contributed by atoms with Gasteiger partial charge in [0.15, 0.2) is 5.75 Å². The fraction of sp³-hybridized carbons (Fsp3) is 0.250. The lowest BCUT2D eigenvalue weighted by Crippen LogP contribution is -2.28. The van der Waals surface area contributed by atoms with Gasteiger partial charge >= 0.3 is 11.9 Å². The maximum Gasteiger partial charge on any atom is 0.407 e. The summed E-state index contributed by atoms with van der Waals surface area (Å²) in [5.74, 6) is -1.06. The number of nitro benzene ring substituents is 1. The highest BCUT2D eigenvalue weighted by atomic mass is 19.4. The van der Waals surface area contributed by atoms with Gasteiger partial charge < -0.3 is 10.8 Å². The Balaban J connectivity index is 3.26. The third kappa shape index (κ3) is 2.22. The number of alkyl halides is 3. The summed E-state index contributed by atoms with van der Waals surface area (Å²) in [4.78, 5) is 9.39. The van der Waals surface area contributed by atoms with Crippen LogP contribution in [-0.4, -0.2) is 16.2 Å². The minimum absolute atomic E-state index is 0.721. The van der Waals surface area contributed by atoms with Crippen LogP contribution in [0.25, 0.3) is 0 Å². The van der Waals surface area contributed by atoms with Crippen LogP contribution in [0.1, 0.15) is 11.6 Å². The third-order valence-corrected chi connectivity index (χ3v) is 1.93. The number of hydrogen-bond acceptors (Lipinski definition) is 4. The second kappa shape index (κ2) is 3.97. The molecule has 3 N–H and O–H groups in total. The maximum atomic E-state index is 12.2. The highest BCUT2D eigenvalue weighted by molar-refractivity contribution is 5.52. The van der Waals surface area contributed by atoms with Crippen molar-refractivity contribution in [2.45, 2.75) is 12.2 Å². The number of phenols is 1. The normalized spacial score (nSPS) is 13.5. The minimum atomic E-state index is -4.77. The molecule has 0 heterocycles. The largest absolute Gasteiger partial charge is 0.502 e. The number of nitro groups is 1. The van der Waals surface area contributed by atoms with Crippen LogP contribution in [0.5, 0.6) is 5.75 Å². The highest BCUT2D eigenvalue weighted by Crippen LogP contribution is 2.38. The standard InChI is InChI=1S/C8H7F3N2O3/c9-8(10,11)7(12)4-2-1-3-5(6(4)14)13(15)16/h1-3,7,14H,12H2/t7-/m1/s1. The molecule has 0 aliphatic heterocycles. The Morgan fingerprint density at radius 2 is 2.00 bits per heavy atom. The number of nitrogens with zero attached hydrogens (tertiary/aromatic N) is 1. The van der Waals surface area contributed by atoms with E-state index < -0.39 is 34.1 Å². The Morgan fingerprint density at radius 3 is 2.44 bits per heavy atom. The van der Waals surface area contributed by atoms with Gasteiger partial charge in [-0.15, -0.1) is 0 Å². The highest BCUT2D eigenvalue weighted by Gasteiger charge is 2.40. The van der Waals surface area contributed by atoms with Gasteiger partial charge in [-0.2, -0.15) is 13.2 Å². The summed E-state index contributed by atoms with van der Waals surface area (Å²) in [5.41, 5.74) is 3.31. The predicted octanol–water partition coefficient (Wildman–Crippen LogP) is 1.86. The molecule has 0 spiro atoms. The minimum Gasteiger partial charge on any atom is -0.502 e. The molecule has 8 heteroatoms. The second-order valence-corrected chi connectivity index (χ2v) is 2.99. The molecule has 1 atom stereocenters. The summed E-state index contributed by atoms with van der Waals surface area (Å²) in [5, 5.41) is 19.6. The first-order valence-electron chi connectivity index (χ1n) is 4.03. The Bertz CT molecular complexity index is 419. The van der Waals surface area contributed by atoms with Crippen LogP contribution in [0.15, 0.2) is 18.2 Å². The van der Waals surface area contributed by atoms with Crippen LogP contribution >= 0.6 is 0 Å². The zero-order chi connectivity index (χ0) is 12.5. The van der Waals surface area contributed by atoms with E-state index in [9.17, 15) is 28.4 Å². The third-order valence-electron chi connectivity index (χ3n) is 1.93. The Morgan fingerprint density at radius 1 is 1.44 bits per heavy atom.